The van der Waals surface area contributed by atoms with E-state index >= 15 is 0 Å². The van der Waals surface area contributed by atoms with Gasteiger partial charge in [0.05, 0.1) is 0 Å². The van der Waals surface area contributed by atoms with Gasteiger partial charge >= 0.3 is 0 Å². The number of hydrogen-bond acceptors (Lipinski definition) is 1. The lowest BCUT2D eigenvalue weighted by atomic mass is 10.0. The SMILES string of the molecule is CC(=O)CCc1cccc2ccccc12. The van der Waals surface area contributed by atoms with Gasteiger partial charge < -0.3 is 4.79 Å². The molecule has 0 atom stereocenters. The first-order valence-electron chi connectivity index (χ1n) is 5.23. The van der Waals surface area contributed by atoms with E-state index in [9.17, 15) is 4.79 Å². The van der Waals surface area contributed by atoms with E-state index in [1.54, 1.807) is 6.92 Å². The molecule has 15 heavy (non-hydrogen) atoms. The van der Waals surface area contributed by atoms with Crippen LogP contribution >= 0.6 is 0 Å². The first-order valence-corrected chi connectivity index (χ1v) is 5.23. The van der Waals surface area contributed by atoms with E-state index < -0.39 is 0 Å². The maximum absolute atomic E-state index is 11.0. The van der Waals surface area contributed by atoms with Gasteiger partial charge in [0.15, 0.2) is 0 Å². The Hall–Kier alpha value is -1.63. The highest BCUT2D eigenvalue weighted by molar-refractivity contribution is 5.86. The van der Waals surface area contributed by atoms with Gasteiger partial charge in [0.1, 0.15) is 5.78 Å². The van der Waals surface area contributed by atoms with Gasteiger partial charge in [-0.05, 0) is 29.7 Å². The van der Waals surface area contributed by atoms with Crippen LogP contribution < -0.4 is 0 Å². The van der Waals surface area contributed by atoms with Gasteiger partial charge in [-0.15, -0.1) is 0 Å². The molecule has 0 heterocycles. The van der Waals surface area contributed by atoms with Gasteiger partial charge in [0.2, 0.25) is 0 Å². The Balaban J connectivity index is 2.38. The zero-order valence-electron chi connectivity index (χ0n) is 8.86. The molecular weight excluding hydrogens is 184 g/mol. The molecule has 2 aromatic carbocycles. The largest absolute Gasteiger partial charge is 0.300 e. The Morgan fingerprint density at radius 2 is 1.80 bits per heavy atom. The van der Waals surface area contributed by atoms with Crippen LogP contribution in [0, 0.1) is 0 Å². The zero-order valence-corrected chi connectivity index (χ0v) is 8.86. The van der Waals surface area contributed by atoms with Crippen LogP contribution in [0.3, 0.4) is 0 Å². The molecule has 0 amide bonds. The molecule has 0 bridgehead atoms. The summed E-state index contributed by atoms with van der Waals surface area (Å²) in [6, 6.07) is 14.6. The number of ketones is 1. The van der Waals surface area contributed by atoms with Crippen molar-refractivity contribution >= 4 is 16.6 Å². The molecule has 0 unspecified atom stereocenters. The summed E-state index contributed by atoms with van der Waals surface area (Å²) in [6.45, 7) is 1.64. The summed E-state index contributed by atoms with van der Waals surface area (Å²) >= 11 is 0. The van der Waals surface area contributed by atoms with Crippen molar-refractivity contribution in [2.24, 2.45) is 0 Å². The van der Waals surface area contributed by atoms with Crippen molar-refractivity contribution in [1.82, 2.24) is 0 Å². The lowest BCUT2D eigenvalue weighted by Gasteiger charge is -2.04. The fraction of sp³-hybridized carbons (Fsp3) is 0.214. The predicted molar refractivity (Wildman–Crippen MR) is 63.0 cm³/mol. The predicted octanol–water partition coefficient (Wildman–Crippen LogP) is 3.36. The first-order chi connectivity index (χ1) is 7.27. The van der Waals surface area contributed by atoms with Crippen molar-refractivity contribution in [1.29, 1.82) is 0 Å². The van der Waals surface area contributed by atoms with E-state index in [4.69, 9.17) is 0 Å². The third kappa shape index (κ3) is 2.24. The monoisotopic (exact) mass is 198 g/mol. The van der Waals surface area contributed by atoms with E-state index in [1.165, 1.54) is 16.3 Å². The lowest BCUT2D eigenvalue weighted by Crippen LogP contribution is -1.94. The number of Topliss-reactive ketones (excluding diaryl/α,β-unsaturated/α-hetero) is 1. The van der Waals surface area contributed by atoms with Gasteiger partial charge in [-0.25, -0.2) is 0 Å². The maximum Gasteiger partial charge on any atom is 0.130 e. The van der Waals surface area contributed by atoms with Crippen LogP contribution in [-0.2, 0) is 11.2 Å². The van der Waals surface area contributed by atoms with Crippen LogP contribution in [0.4, 0.5) is 0 Å². The third-order valence-electron chi connectivity index (χ3n) is 2.63. The quantitative estimate of drug-likeness (QED) is 0.739. The Morgan fingerprint density at radius 3 is 2.60 bits per heavy atom. The zero-order chi connectivity index (χ0) is 10.7. The molecule has 0 aromatic heterocycles. The molecule has 0 radical (unpaired) electrons. The molecule has 0 aliphatic rings. The molecular formula is C14H14O. The third-order valence-corrected chi connectivity index (χ3v) is 2.63. The summed E-state index contributed by atoms with van der Waals surface area (Å²) in [5.41, 5.74) is 1.27. The number of benzene rings is 2. The summed E-state index contributed by atoms with van der Waals surface area (Å²) in [6.07, 6.45) is 1.48. The maximum atomic E-state index is 11.0. The van der Waals surface area contributed by atoms with Crippen LogP contribution in [0.5, 0.6) is 0 Å². The van der Waals surface area contributed by atoms with Crippen molar-refractivity contribution in [3.63, 3.8) is 0 Å². The second kappa shape index (κ2) is 4.26. The molecule has 0 aliphatic heterocycles. The van der Waals surface area contributed by atoms with E-state index in [2.05, 4.69) is 30.3 Å². The Bertz CT molecular complexity index is 480. The summed E-state index contributed by atoms with van der Waals surface area (Å²) in [5, 5.41) is 2.51. The molecule has 0 fully saturated rings. The molecule has 76 valence electrons. The van der Waals surface area contributed by atoms with Gasteiger partial charge in [-0.1, -0.05) is 42.5 Å². The van der Waals surface area contributed by atoms with Gasteiger partial charge in [0, 0.05) is 6.42 Å². The molecule has 0 spiro atoms. The highest BCUT2D eigenvalue weighted by atomic mass is 16.1. The fourth-order valence-electron chi connectivity index (χ4n) is 1.82. The second-order valence-corrected chi connectivity index (χ2v) is 3.84. The van der Waals surface area contributed by atoms with Crippen molar-refractivity contribution in [3.05, 3.63) is 48.0 Å². The Kier molecular flexibility index (Phi) is 2.82. The standard InChI is InChI=1S/C14H14O/c1-11(15)9-10-13-7-4-6-12-5-2-3-8-14(12)13/h2-8H,9-10H2,1H3. The Morgan fingerprint density at radius 1 is 1.07 bits per heavy atom. The lowest BCUT2D eigenvalue weighted by molar-refractivity contribution is -0.116. The Labute approximate surface area is 89.7 Å². The van der Waals surface area contributed by atoms with Crippen LogP contribution in [-0.4, -0.2) is 5.78 Å². The molecule has 0 saturated carbocycles. The molecule has 2 rings (SSSR count). The molecule has 0 aliphatic carbocycles. The fourth-order valence-corrected chi connectivity index (χ4v) is 1.82. The van der Waals surface area contributed by atoms with E-state index in [1.807, 2.05) is 12.1 Å². The van der Waals surface area contributed by atoms with Crippen LogP contribution in [0.1, 0.15) is 18.9 Å². The minimum atomic E-state index is 0.253. The minimum absolute atomic E-state index is 0.253. The van der Waals surface area contributed by atoms with Crippen LogP contribution in [0.25, 0.3) is 10.8 Å². The summed E-state index contributed by atoms with van der Waals surface area (Å²) in [4.78, 5) is 11.0. The normalized spacial score (nSPS) is 10.5. The van der Waals surface area contributed by atoms with E-state index in [0.717, 1.165) is 6.42 Å². The van der Waals surface area contributed by atoms with Gasteiger partial charge in [-0.3, -0.25) is 0 Å². The smallest absolute Gasteiger partial charge is 0.130 e. The summed E-state index contributed by atoms with van der Waals surface area (Å²) in [5.74, 6) is 0.253. The number of fused-ring (bicyclic) bond motifs is 1. The molecule has 1 nitrogen and oxygen atoms in total. The average Bonchev–Trinajstić information content (AvgIpc) is 2.26. The number of carbonyl (C=O) groups is 1. The highest BCUT2D eigenvalue weighted by Crippen LogP contribution is 2.19. The molecule has 0 N–H and O–H groups in total. The first kappa shape index (κ1) is 9.91. The molecule has 2 aromatic rings. The minimum Gasteiger partial charge on any atom is -0.300 e. The molecule has 1 heteroatoms. The van der Waals surface area contributed by atoms with Crippen molar-refractivity contribution < 1.29 is 4.79 Å². The summed E-state index contributed by atoms with van der Waals surface area (Å²) < 4.78 is 0. The van der Waals surface area contributed by atoms with Crippen LogP contribution in [0.15, 0.2) is 42.5 Å². The van der Waals surface area contributed by atoms with Crippen LogP contribution in [0.2, 0.25) is 0 Å². The van der Waals surface area contributed by atoms with Gasteiger partial charge in [0.25, 0.3) is 0 Å². The average molecular weight is 198 g/mol. The van der Waals surface area contributed by atoms with E-state index in [-0.39, 0.29) is 5.78 Å². The topological polar surface area (TPSA) is 17.1 Å². The molecule has 0 saturated heterocycles. The number of carbonyl (C=O) groups excluding carboxylic acids is 1. The number of aryl methyl sites for hydroxylation is 1. The van der Waals surface area contributed by atoms with Crippen molar-refractivity contribution in [2.45, 2.75) is 19.8 Å². The highest BCUT2D eigenvalue weighted by Gasteiger charge is 2.01. The van der Waals surface area contributed by atoms with Gasteiger partial charge in [-0.2, -0.15) is 0 Å². The number of hydrogen-bond donors (Lipinski definition) is 0. The summed E-state index contributed by atoms with van der Waals surface area (Å²) in [7, 11) is 0. The van der Waals surface area contributed by atoms with Crippen molar-refractivity contribution in [3.8, 4) is 0 Å². The second-order valence-electron chi connectivity index (χ2n) is 3.84. The number of rotatable bonds is 3. The van der Waals surface area contributed by atoms with Crippen molar-refractivity contribution in [2.75, 3.05) is 0 Å². The van der Waals surface area contributed by atoms with E-state index in [0.29, 0.717) is 6.42 Å².